The minimum Gasteiger partial charge on any atom is -0.316 e. The molecule has 0 aliphatic rings. The lowest BCUT2D eigenvalue weighted by atomic mass is 10.0. The van der Waals surface area contributed by atoms with Crippen molar-refractivity contribution >= 4 is 27.5 Å². The van der Waals surface area contributed by atoms with Gasteiger partial charge in [0, 0.05) is 12.1 Å². The molecule has 0 unspecified atom stereocenters. The van der Waals surface area contributed by atoms with Gasteiger partial charge in [-0.25, -0.2) is 0 Å². The van der Waals surface area contributed by atoms with Crippen LogP contribution < -0.4 is 4.80 Å². The smallest absolute Gasteiger partial charge is 0.279 e. The Kier molecular flexibility index (Phi) is 6.47. The van der Waals surface area contributed by atoms with E-state index < -0.39 is 0 Å². The highest BCUT2D eigenvalue weighted by molar-refractivity contribution is 7.16. The molecule has 3 aromatic carbocycles. The molecule has 4 rings (SSSR count). The third-order valence-corrected chi connectivity index (χ3v) is 6.51. The number of hydrogen-bond donors (Lipinski definition) is 0. The first-order valence-electron chi connectivity index (χ1n) is 10.9. The predicted octanol–water partition coefficient (Wildman–Crippen LogP) is 6.57. The van der Waals surface area contributed by atoms with Gasteiger partial charge >= 0.3 is 0 Å². The minimum atomic E-state index is -0.188. The molecule has 1 amide bonds. The number of carbonyl (C=O) groups excluding carboxylic acids is 1. The first kappa shape index (κ1) is 21.3. The molecule has 0 fully saturated rings. The van der Waals surface area contributed by atoms with Crippen molar-refractivity contribution < 1.29 is 4.79 Å². The average molecular weight is 429 g/mol. The highest BCUT2D eigenvalue weighted by Gasteiger charge is 2.11. The van der Waals surface area contributed by atoms with Crippen molar-refractivity contribution in [1.29, 1.82) is 0 Å². The number of carbonyl (C=O) groups is 1. The molecule has 0 spiro atoms. The number of rotatable bonds is 6. The molecule has 31 heavy (non-hydrogen) atoms. The van der Waals surface area contributed by atoms with Gasteiger partial charge in [0.1, 0.15) is 0 Å². The molecule has 1 aromatic heterocycles. The molecular weight excluding hydrogens is 400 g/mol. The molecular formula is C27H28N2OS. The summed E-state index contributed by atoms with van der Waals surface area (Å²) in [5.41, 5.74) is 5.54. The summed E-state index contributed by atoms with van der Waals surface area (Å²) in [6.45, 7) is 7.40. The summed E-state index contributed by atoms with van der Waals surface area (Å²) < 4.78 is 3.36. The standard InChI is InChI=1S/C27H28N2OS/c1-4-16-29-24-15-14-23(19(2)3)18-25(24)31-27(29)28-26(30)22-12-10-21(11-13-22)17-20-8-6-5-7-9-20/h5-15,18-19H,4,16-17H2,1-3H3. The van der Waals surface area contributed by atoms with E-state index in [1.54, 1.807) is 11.3 Å². The molecule has 0 aliphatic heterocycles. The Labute approximate surface area is 187 Å². The van der Waals surface area contributed by atoms with Crippen LogP contribution in [0.25, 0.3) is 10.2 Å². The van der Waals surface area contributed by atoms with Gasteiger partial charge < -0.3 is 4.57 Å². The Morgan fingerprint density at radius 3 is 2.35 bits per heavy atom. The monoisotopic (exact) mass is 428 g/mol. The van der Waals surface area contributed by atoms with Crippen LogP contribution in [0.15, 0.2) is 77.8 Å². The molecule has 4 aromatic rings. The van der Waals surface area contributed by atoms with E-state index in [2.05, 4.69) is 60.7 Å². The molecule has 0 N–H and O–H groups in total. The second kappa shape index (κ2) is 9.44. The average Bonchev–Trinajstić information content (AvgIpc) is 3.11. The Hall–Kier alpha value is -2.98. The van der Waals surface area contributed by atoms with Crippen LogP contribution in [0.3, 0.4) is 0 Å². The summed E-state index contributed by atoms with van der Waals surface area (Å²) in [5, 5.41) is 0. The minimum absolute atomic E-state index is 0.188. The van der Waals surface area contributed by atoms with Crippen LogP contribution in [-0.2, 0) is 13.0 Å². The number of fused-ring (bicyclic) bond motifs is 1. The van der Waals surface area contributed by atoms with Crippen molar-refractivity contribution in [3.8, 4) is 0 Å². The fraction of sp³-hybridized carbons (Fsp3) is 0.259. The van der Waals surface area contributed by atoms with Crippen molar-refractivity contribution in [3.05, 3.63) is 99.9 Å². The van der Waals surface area contributed by atoms with Crippen LogP contribution in [-0.4, -0.2) is 10.5 Å². The van der Waals surface area contributed by atoms with Crippen molar-refractivity contribution in [2.75, 3.05) is 0 Å². The summed E-state index contributed by atoms with van der Waals surface area (Å²) in [6.07, 6.45) is 1.85. The molecule has 0 radical (unpaired) electrons. The fourth-order valence-electron chi connectivity index (χ4n) is 3.72. The number of aromatic nitrogens is 1. The van der Waals surface area contributed by atoms with Gasteiger partial charge in [-0.15, -0.1) is 0 Å². The first-order chi connectivity index (χ1) is 15.0. The third kappa shape index (κ3) is 4.86. The van der Waals surface area contributed by atoms with E-state index in [9.17, 15) is 4.79 Å². The van der Waals surface area contributed by atoms with Crippen LogP contribution in [0.1, 0.15) is 60.2 Å². The second-order valence-electron chi connectivity index (χ2n) is 8.19. The van der Waals surface area contributed by atoms with E-state index in [1.807, 2.05) is 42.5 Å². The zero-order chi connectivity index (χ0) is 21.8. The van der Waals surface area contributed by atoms with E-state index in [4.69, 9.17) is 0 Å². The van der Waals surface area contributed by atoms with E-state index in [-0.39, 0.29) is 5.91 Å². The maximum atomic E-state index is 12.9. The summed E-state index contributed by atoms with van der Waals surface area (Å²) in [6, 6.07) is 24.8. The lowest BCUT2D eigenvalue weighted by molar-refractivity contribution is 0.0998. The van der Waals surface area contributed by atoms with Gasteiger partial charge in [-0.2, -0.15) is 4.99 Å². The SMILES string of the molecule is CCCn1c(=NC(=O)c2ccc(Cc3ccccc3)cc2)sc2cc(C(C)C)ccc21. The lowest BCUT2D eigenvalue weighted by Crippen LogP contribution is -2.16. The summed E-state index contributed by atoms with van der Waals surface area (Å²) in [5.74, 6) is 0.286. The molecule has 1 heterocycles. The Balaban J connectivity index is 1.64. The number of benzene rings is 3. The van der Waals surface area contributed by atoms with Crippen molar-refractivity contribution in [2.24, 2.45) is 4.99 Å². The maximum absolute atomic E-state index is 12.9. The zero-order valence-corrected chi connectivity index (χ0v) is 19.2. The van der Waals surface area contributed by atoms with Crippen molar-refractivity contribution in [1.82, 2.24) is 4.57 Å². The molecule has 0 saturated carbocycles. The van der Waals surface area contributed by atoms with Gasteiger partial charge in [-0.05, 0) is 59.7 Å². The predicted molar refractivity (Wildman–Crippen MR) is 130 cm³/mol. The van der Waals surface area contributed by atoms with E-state index in [1.165, 1.54) is 21.4 Å². The summed E-state index contributed by atoms with van der Waals surface area (Å²) >= 11 is 1.60. The molecule has 3 nitrogen and oxygen atoms in total. The maximum Gasteiger partial charge on any atom is 0.279 e. The van der Waals surface area contributed by atoms with Crippen molar-refractivity contribution in [2.45, 2.75) is 46.1 Å². The van der Waals surface area contributed by atoms with Gasteiger partial charge in [0.25, 0.3) is 5.91 Å². The topological polar surface area (TPSA) is 34.4 Å². The van der Waals surface area contributed by atoms with Gasteiger partial charge in [-0.3, -0.25) is 4.79 Å². The van der Waals surface area contributed by atoms with Crippen LogP contribution >= 0.6 is 11.3 Å². The first-order valence-corrected chi connectivity index (χ1v) is 11.7. The van der Waals surface area contributed by atoms with Crippen LogP contribution in [0, 0.1) is 0 Å². The molecule has 4 heteroatoms. The summed E-state index contributed by atoms with van der Waals surface area (Å²) in [7, 11) is 0. The fourth-order valence-corrected chi connectivity index (χ4v) is 4.82. The highest BCUT2D eigenvalue weighted by Crippen LogP contribution is 2.24. The Morgan fingerprint density at radius 1 is 0.968 bits per heavy atom. The summed E-state index contributed by atoms with van der Waals surface area (Å²) in [4.78, 5) is 18.2. The highest BCUT2D eigenvalue weighted by atomic mass is 32.1. The molecule has 0 atom stereocenters. The zero-order valence-electron chi connectivity index (χ0n) is 18.3. The normalized spacial score (nSPS) is 12.1. The Morgan fingerprint density at radius 2 is 1.68 bits per heavy atom. The van der Waals surface area contributed by atoms with Gasteiger partial charge in [0.2, 0.25) is 0 Å². The molecule has 158 valence electrons. The van der Waals surface area contributed by atoms with Crippen molar-refractivity contribution in [3.63, 3.8) is 0 Å². The van der Waals surface area contributed by atoms with E-state index in [0.29, 0.717) is 11.5 Å². The number of amides is 1. The number of nitrogens with zero attached hydrogens (tertiary/aromatic N) is 2. The quantitative estimate of drug-likeness (QED) is 0.342. The largest absolute Gasteiger partial charge is 0.316 e. The van der Waals surface area contributed by atoms with E-state index in [0.717, 1.165) is 29.7 Å². The van der Waals surface area contributed by atoms with Gasteiger partial charge in [0.05, 0.1) is 10.2 Å². The lowest BCUT2D eigenvalue weighted by Gasteiger charge is -2.06. The van der Waals surface area contributed by atoms with Crippen LogP contribution in [0.2, 0.25) is 0 Å². The van der Waals surface area contributed by atoms with Gasteiger partial charge in [0.15, 0.2) is 4.80 Å². The van der Waals surface area contributed by atoms with E-state index >= 15 is 0 Å². The molecule has 0 bridgehead atoms. The van der Waals surface area contributed by atoms with Crippen LogP contribution in [0.5, 0.6) is 0 Å². The van der Waals surface area contributed by atoms with Crippen LogP contribution in [0.4, 0.5) is 0 Å². The number of hydrogen-bond acceptors (Lipinski definition) is 2. The Bertz CT molecular complexity index is 1250. The molecule has 0 saturated heterocycles. The van der Waals surface area contributed by atoms with Gasteiger partial charge in [-0.1, -0.05) is 80.6 Å². The third-order valence-electron chi connectivity index (χ3n) is 5.47. The second-order valence-corrected chi connectivity index (χ2v) is 9.20. The molecule has 0 aliphatic carbocycles. The number of thiazole rings is 1. The number of aryl methyl sites for hydroxylation is 1.